The first-order chi connectivity index (χ1) is 20.3. The van der Waals surface area contributed by atoms with Crippen LogP contribution < -0.4 is 4.90 Å². The Bertz CT molecular complexity index is 2190. The SMILES string of the molecule is c1ccc(-c2ccc(N(c3ccc4ccccc4c3)c3ccc4c(ccc5c6ccccc6ccc45)c3)cc2)cc1. The third-order valence-corrected chi connectivity index (χ3v) is 8.21. The molecule has 0 saturated carbocycles. The molecular weight excluding hydrogens is 494 g/mol. The highest BCUT2D eigenvalue weighted by Crippen LogP contribution is 2.40. The smallest absolute Gasteiger partial charge is 0.0468 e. The summed E-state index contributed by atoms with van der Waals surface area (Å²) in [6.45, 7) is 0. The van der Waals surface area contributed by atoms with Gasteiger partial charge in [-0.15, -0.1) is 0 Å². The van der Waals surface area contributed by atoms with Crippen molar-refractivity contribution in [3.05, 3.63) is 164 Å². The predicted molar refractivity (Wildman–Crippen MR) is 177 cm³/mol. The van der Waals surface area contributed by atoms with Crippen LogP contribution in [0.3, 0.4) is 0 Å². The van der Waals surface area contributed by atoms with E-state index in [9.17, 15) is 0 Å². The van der Waals surface area contributed by atoms with Crippen LogP contribution in [0.5, 0.6) is 0 Å². The predicted octanol–water partition coefficient (Wildman–Crippen LogP) is 11.4. The van der Waals surface area contributed by atoms with Crippen molar-refractivity contribution in [2.24, 2.45) is 0 Å². The van der Waals surface area contributed by atoms with Crippen molar-refractivity contribution >= 4 is 60.2 Å². The zero-order chi connectivity index (χ0) is 27.2. The fourth-order valence-electron chi connectivity index (χ4n) is 6.15. The molecule has 8 aromatic carbocycles. The van der Waals surface area contributed by atoms with Crippen LogP contribution >= 0.6 is 0 Å². The van der Waals surface area contributed by atoms with Crippen molar-refractivity contribution < 1.29 is 0 Å². The summed E-state index contributed by atoms with van der Waals surface area (Å²) in [5.74, 6) is 0. The molecule has 0 aliphatic heterocycles. The zero-order valence-electron chi connectivity index (χ0n) is 22.5. The Balaban J connectivity index is 1.30. The lowest BCUT2D eigenvalue weighted by Gasteiger charge is -2.26. The fraction of sp³-hybridized carbons (Fsp3) is 0. The average molecular weight is 522 g/mol. The molecule has 1 nitrogen and oxygen atoms in total. The third-order valence-electron chi connectivity index (χ3n) is 8.21. The first-order valence-corrected chi connectivity index (χ1v) is 14.1. The van der Waals surface area contributed by atoms with Crippen LogP contribution in [-0.4, -0.2) is 0 Å². The Kier molecular flexibility index (Phi) is 5.53. The lowest BCUT2D eigenvalue weighted by atomic mass is 9.96. The van der Waals surface area contributed by atoms with E-state index in [-0.39, 0.29) is 0 Å². The highest BCUT2D eigenvalue weighted by molar-refractivity contribution is 6.17. The molecule has 0 fully saturated rings. The van der Waals surface area contributed by atoms with Gasteiger partial charge in [-0.05, 0) is 90.6 Å². The Labute approximate surface area is 239 Å². The van der Waals surface area contributed by atoms with Crippen LogP contribution in [0, 0.1) is 0 Å². The van der Waals surface area contributed by atoms with Gasteiger partial charge in [-0.2, -0.15) is 0 Å². The molecule has 8 rings (SSSR count). The quantitative estimate of drug-likeness (QED) is 0.208. The Morgan fingerprint density at radius 3 is 1.54 bits per heavy atom. The van der Waals surface area contributed by atoms with Crippen molar-refractivity contribution in [2.75, 3.05) is 4.90 Å². The van der Waals surface area contributed by atoms with E-state index in [1.165, 1.54) is 54.2 Å². The third kappa shape index (κ3) is 4.11. The minimum atomic E-state index is 1.13. The van der Waals surface area contributed by atoms with Gasteiger partial charge in [0.05, 0.1) is 0 Å². The van der Waals surface area contributed by atoms with E-state index in [0.29, 0.717) is 0 Å². The highest BCUT2D eigenvalue weighted by atomic mass is 15.1. The Hall–Kier alpha value is -5.40. The summed E-state index contributed by atoms with van der Waals surface area (Å²) < 4.78 is 0. The van der Waals surface area contributed by atoms with Gasteiger partial charge in [-0.3, -0.25) is 0 Å². The van der Waals surface area contributed by atoms with Crippen molar-refractivity contribution in [1.82, 2.24) is 0 Å². The van der Waals surface area contributed by atoms with Crippen molar-refractivity contribution in [3.8, 4) is 11.1 Å². The molecule has 0 amide bonds. The van der Waals surface area contributed by atoms with Gasteiger partial charge in [0, 0.05) is 17.1 Å². The van der Waals surface area contributed by atoms with Crippen molar-refractivity contribution in [3.63, 3.8) is 0 Å². The summed E-state index contributed by atoms with van der Waals surface area (Å²) >= 11 is 0. The van der Waals surface area contributed by atoms with Gasteiger partial charge in [-0.25, -0.2) is 0 Å². The Morgan fingerprint density at radius 2 is 0.756 bits per heavy atom. The summed E-state index contributed by atoms with van der Waals surface area (Å²) in [5, 5.41) is 10.1. The standard InChI is InChI=1S/C40H27N/c1-2-8-28(9-3-1)30-14-19-34(20-15-30)41(35-21-16-29-10-4-5-12-32(29)26-35)36-22-25-38-33(27-36)18-24-39-37-13-7-6-11-31(37)17-23-40(38)39/h1-27H. The number of hydrogen-bond acceptors (Lipinski definition) is 1. The summed E-state index contributed by atoms with van der Waals surface area (Å²) in [6, 6.07) is 59.3. The topological polar surface area (TPSA) is 3.24 Å². The van der Waals surface area contributed by atoms with E-state index in [2.05, 4.69) is 169 Å². The molecular formula is C40H27N. The van der Waals surface area contributed by atoms with E-state index in [1.807, 2.05) is 0 Å². The van der Waals surface area contributed by atoms with Gasteiger partial charge >= 0.3 is 0 Å². The fourth-order valence-corrected chi connectivity index (χ4v) is 6.15. The average Bonchev–Trinajstić information content (AvgIpc) is 3.05. The van der Waals surface area contributed by atoms with Gasteiger partial charge in [0.1, 0.15) is 0 Å². The minimum absolute atomic E-state index is 1.13. The number of anilines is 3. The van der Waals surface area contributed by atoms with Crippen LogP contribution in [0.15, 0.2) is 164 Å². The number of nitrogens with zero attached hydrogens (tertiary/aromatic N) is 1. The molecule has 192 valence electrons. The Morgan fingerprint density at radius 1 is 0.268 bits per heavy atom. The zero-order valence-corrected chi connectivity index (χ0v) is 22.5. The molecule has 8 aromatic rings. The number of rotatable bonds is 4. The molecule has 0 N–H and O–H groups in total. The molecule has 0 bridgehead atoms. The molecule has 0 radical (unpaired) electrons. The minimum Gasteiger partial charge on any atom is -0.310 e. The molecule has 0 heterocycles. The second-order valence-electron chi connectivity index (χ2n) is 10.6. The van der Waals surface area contributed by atoms with Crippen molar-refractivity contribution in [1.29, 1.82) is 0 Å². The number of benzene rings is 8. The van der Waals surface area contributed by atoms with Crippen LogP contribution in [0.2, 0.25) is 0 Å². The maximum Gasteiger partial charge on any atom is 0.0468 e. The molecule has 0 aromatic heterocycles. The van der Waals surface area contributed by atoms with Gasteiger partial charge in [0.2, 0.25) is 0 Å². The van der Waals surface area contributed by atoms with Gasteiger partial charge in [0.25, 0.3) is 0 Å². The van der Waals surface area contributed by atoms with E-state index >= 15 is 0 Å². The van der Waals surface area contributed by atoms with E-state index in [1.54, 1.807) is 0 Å². The maximum atomic E-state index is 2.37. The molecule has 0 aliphatic carbocycles. The lowest BCUT2D eigenvalue weighted by molar-refractivity contribution is 1.29. The lowest BCUT2D eigenvalue weighted by Crippen LogP contribution is -2.09. The second kappa shape index (κ2) is 9.66. The monoisotopic (exact) mass is 521 g/mol. The largest absolute Gasteiger partial charge is 0.310 e. The summed E-state index contributed by atoms with van der Waals surface area (Å²) in [4.78, 5) is 2.37. The molecule has 0 unspecified atom stereocenters. The normalized spacial score (nSPS) is 11.4. The summed E-state index contributed by atoms with van der Waals surface area (Å²) in [7, 11) is 0. The van der Waals surface area contributed by atoms with Crippen LogP contribution in [-0.2, 0) is 0 Å². The van der Waals surface area contributed by atoms with Gasteiger partial charge < -0.3 is 4.90 Å². The van der Waals surface area contributed by atoms with E-state index < -0.39 is 0 Å². The maximum absolute atomic E-state index is 2.37. The van der Waals surface area contributed by atoms with Gasteiger partial charge in [0.15, 0.2) is 0 Å². The second-order valence-corrected chi connectivity index (χ2v) is 10.6. The van der Waals surface area contributed by atoms with Crippen LogP contribution in [0.4, 0.5) is 17.1 Å². The van der Waals surface area contributed by atoms with E-state index in [0.717, 1.165) is 17.1 Å². The molecule has 0 saturated heterocycles. The van der Waals surface area contributed by atoms with Gasteiger partial charge in [-0.1, -0.05) is 127 Å². The molecule has 41 heavy (non-hydrogen) atoms. The number of hydrogen-bond donors (Lipinski definition) is 0. The van der Waals surface area contributed by atoms with Crippen molar-refractivity contribution in [2.45, 2.75) is 0 Å². The van der Waals surface area contributed by atoms with Crippen LogP contribution in [0.1, 0.15) is 0 Å². The summed E-state index contributed by atoms with van der Waals surface area (Å²) in [5.41, 5.74) is 5.85. The molecule has 0 atom stereocenters. The summed E-state index contributed by atoms with van der Waals surface area (Å²) in [6.07, 6.45) is 0. The highest BCUT2D eigenvalue weighted by Gasteiger charge is 2.15. The first kappa shape index (κ1) is 23.5. The number of fused-ring (bicyclic) bond motifs is 6. The van der Waals surface area contributed by atoms with Crippen LogP contribution in [0.25, 0.3) is 54.2 Å². The molecule has 0 aliphatic rings. The first-order valence-electron chi connectivity index (χ1n) is 14.1. The molecule has 0 spiro atoms. The van der Waals surface area contributed by atoms with E-state index in [4.69, 9.17) is 0 Å². The molecule has 1 heteroatoms.